The van der Waals surface area contributed by atoms with Gasteiger partial charge in [-0.25, -0.2) is 9.78 Å². The van der Waals surface area contributed by atoms with Gasteiger partial charge >= 0.3 is 6.09 Å². The second kappa shape index (κ2) is 10.6. The van der Waals surface area contributed by atoms with Crippen molar-refractivity contribution in [2.45, 2.75) is 54.1 Å². The first-order valence-electron chi connectivity index (χ1n) is 10.7. The van der Waals surface area contributed by atoms with Crippen molar-refractivity contribution in [2.75, 3.05) is 5.32 Å². The Kier molecular flexibility index (Phi) is 8.14. The maximum Gasteiger partial charge on any atom is 0.412 e. The van der Waals surface area contributed by atoms with Crippen molar-refractivity contribution >= 4 is 33.5 Å². The fraction of sp³-hybridized carbons (Fsp3) is 0.320. The molecular formula is C25H32N4O2. The quantitative estimate of drug-likeness (QED) is 0.380. The normalized spacial score (nSPS) is 10.5. The Balaban J connectivity index is 0.000000807. The van der Waals surface area contributed by atoms with Crippen LogP contribution in [0.2, 0.25) is 0 Å². The molecule has 164 valence electrons. The van der Waals surface area contributed by atoms with Gasteiger partial charge in [0.2, 0.25) is 0 Å². The van der Waals surface area contributed by atoms with E-state index in [2.05, 4.69) is 15.3 Å². The SMILES string of the molecule is CC.CC.CC(C)(C)OC(=O)Nc1cccc2cnc(-n3ccc4ccncc43)cc12. The molecule has 0 aliphatic carbocycles. The summed E-state index contributed by atoms with van der Waals surface area (Å²) in [6.45, 7) is 13.5. The number of amides is 1. The van der Waals surface area contributed by atoms with Gasteiger partial charge in [0.15, 0.2) is 0 Å². The zero-order chi connectivity index (χ0) is 23.0. The Hall–Kier alpha value is -3.41. The predicted molar refractivity (Wildman–Crippen MR) is 129 cm³/mol. The van der Waals surface area contributed by atoms with Crippen molar-refractivity contribution in [1.29, 1.82) is 0 Å². The maximum absolute atomic E-state index is 12.2. The van der Waals surface area contributed by atoms with Crippen molar-refractivity contribution in [3.8, 4) is 5.82 Å². The van der Waals surface area contributed by atoms with E-state index in [4.69, 9.17) is 4.74 Å². The highest BCUT2D eigenvalue weighted by molar-refractivity contribution is 6.00. The number of pyridine rings is 2. The summed E-state index contributed by atoms with van der Waals surface area (Å²) in [7, 11) is 0. The first-order chi connectivity index (χ1) is 14.9. The average Bonchev–Trinajstić information content (AvgIpc) is 3.19. The summed E-state index contributed by atoms with van der Waals surface area (Å²) in [5, 5.41) is 5.75. The number of rotatable bonds is 2. The summed E-state index contributed by atoms with van der Waals surface area (Å²) in [5.74, 6) is 0.754. The van der Waals surface area contributed by atoms with E-state index in [0.29, 0.717) is 5.69 Å². The molecule has 0 aliphatic rings. The minimum Gasteiger partial charge on any atom is -0.444 e. The van der Waals surface area contributed by atoms with Crippen LogP contribution in [0.1, 0.15) is 48.5 Å². The third kappa shape index (κ3) is 5.81. The van der Waals surface area contributed by atoms with Gasteiger partial charge in [-0.3, -0.25) is 14.9 Å². The number of carbonyl (C=O) groups excluding carboxylic acids is 1. The summed E-state index contributed by atoms with van der Waals surface area (Å²) < 4.78 is 7.35. The summed E-state index contributed by atoms with van der Waals surface area (Å²) in [4.78, 5) is 21.0. The number of nitrogens with zero attached hydrogens (tertiary/aromatic N) is 3. The van der Waals surface area contributed by atoms with Crippen molar-refractivity contribution < 1.29 is 9.53 Å². The minimum atomic E-state index is -0.557. The third-order valence-corrected chi connectivity index (χ3v) is 4.13. The molecule has 0 atom stereocenters. The topological polar surface area (TPSA) is 69.0 Å². The van der Waals surface area contributed by atoms with Gasteiger partial charge < -0.3 is 4.74 Å². The zero-order valence-electron chi connectivity index (χ0n) is 19.4. The lowest BCUT2D eigenvalue weighted by Gasteiger charge is -2.20. The van der Waals surface area contributed by atoms with Gasteiger partial charge in [0.25, 0.3) is 0 Å². The van der Waals surface area contributed by atoms with E-state index in [1.54, 1.807) is 12.4 Å². The molecule has 6 nitrogen and oxygen atoms in total. The van der Waals surface area contributed by atoms with Crippen molar-refractivity contribution in [3.05, 3.63) is 61.2 Å². The number of anilines is 1. The molecule has 0 bridgehead atoms. The molecule has 0 aliphatic heterocycles. The second-order valence-electron chi connectivity index (χ2n) is 7.32. The summed E-state index contributed by atoms with van der Waals surface area (Å²) in [6.07, 6.45) is 6.86. The van der Waals surface area contributed by atoms with Crippen LogP contribution >= 0.6 is 0 Å². The number of carbonyl (C=O) groups is 1. The van der Waals surface area contributed by atoms with Crippen LogP contribution in [0.4, 0.5) is 10.5 Å². The molecular weight excluding hydrogens is 388 g/mol. The molecule has 0 radical (unpaired) electrons. The minimum absolute atomic E-state index is 0.482. The largest absolute Gasteiger partial charge is 0.444 e. The van der Waals surface area contributed by atoms with Crippen molar-refractivity contribution in [1.82, 2.24) is 14.5 Å². The van der Waals surface area contributed by atoms with Crippen molar-refractivity contribution in [3.63, 3.8) is 0 Å². The van der Waals surface area contributed by atoms with E-state index in [-0.39, 0.29) is 0 Å². The van der Waals surface area contributed by atoms with Gasteiger partial charge in [-0.1, -0.05) is 39.8 Å². The standard InChI is InChI=1S/C21H20N4O2.2C2H6/c1-21(2,3)27-20(26)24-17-6-4-5-15-12-23-19(11-16(15)17)25-10-8-14-7-9-22-13-18(14)25;2*1-2/h4-13H,1-3H3,(H,24,26);2*1-2H3. The second-order valence-corrected chi connectivity index (χ2v) is 7.32. The Bertz CT molecular complexity index is 1140. The summed E-state index contributed by atoms with van der Waals surface area (Å²) >= 11 is 0. The first-order valence-corrected chi connectivity index (χ1v) is 10.7. The van der Waals surface area contributed by atoms with Gasteiger partial charge in [-0.2, -0.15) is 0 Å². The first kappa shape index (κ1) is 23.9. The number of ether oxygens (including phenoxy) is 1. The van der Waals surface area contributed by atoms with E-state index in [1.165, 1.54) is 0 Å². The van der Waals surface area contributed by atoms with E-state index < -0.39 is 11.7 Å². The van der Waals surface area contributed by atoms with Crippen LogP contribution in [0.5, 0.6) is 0 Å². The van der Waals surface area contributed by atoms with E-state index >= 15 is 0 Å². The molecule has 0 spiro atoms. The lowest BCUT2D eigenvalue weighted by Crippen LogP contribution is -2.27. The molecule has 1 aromatic carbocycles. The Labute approximate surface area is 184 Å². The molecule has 6 heteroatoms. The maximum atomic E-state index is 12.2. The molecule has 4 aromatic rings. The highest BCUT2D eigenvalue weighted by atomic mass is 16.6. The Morgan fingerprint density at radius 2 is 1.74 bits per heavy atom. The highest BCUT2D eigenvalue weighted by Gasteiger charge is 2.17. The number of hydrogen-bond donors (Lipinski definition) is 1. The smallest absolute Gasteiger partial charge is 0.412 e. The fourth-order valence-corrected chi connectivity index (χ4v) is 2.99. The molecule has 4 rings (SSSR count). The van der Waals surface area contributed by atoms with Gasteiger partial charge in [0, 0.05) is 34.7 Å². The number of aromatic nitrogens is 3. The lowest BCUT2D eigenvalue weighted by molar-refractivity contribution is 0.0636. The fourth-order valence-electron chi connectivity index (χ4n) is 2.99. The van der Waals surface area contributed by atoms with Crippen LogP contribution < -0.4 is 5.32 Å². The molecule has 0 fully saturated rings. The molecule has 0 saturated carbocycles. The van der Waals surface area contributed by atoms with Gasteiger partial charge in [0.1, 0.15) is 11.4 Å². The van der Waals surface area contributed by atoms with Crippen molar-refractivity contribution in [2.24, 2.45) is 0 Å². The van der Waals surface area contributed by atoms with Gasteiger partial charge in [-0.15, -0.1) is 0 Å². The van der Waals surface area contributed by atoms with Gasteiger partial charge in [0.05, 0.1) is 17.4 Å². The Morgan fingerprint density at radius 1 is 1.00 bits per heavy atom. The van der Waals surface area contributed by atoms with E-state index in [9.17, 15) is 4.79 Å². The number of hydrogen-bond acceptors (Lipinski definition) is 4. The summed E-state index contributed by atoms with van der Waals surface area (Å²) in [6, 6.07) is 11.6. The highest BCUT2D eigenvalue weighted by Crippen LogP contribution is 2.27. The molecule has 3 heterocycles. The molecule has 31 heavy (non-hydrogen) atoms. The lowest BCUT2D eigenvalue weighted by atomic mass is 10.1. The van der Waals surface area contributed by atoms with Crippen LogP contribution in [0.15, 0.2) is 61.2 Å². The predicted octanol–water partition coefficient (Wildman–Crippen LogP) is 6.97. The molecule has 0 saturated heterocycles. The summed E-state index contributed by atoms with van der Waals surface area (Å²) in [5.41, 5.74) is 1.10. The number of nitrogens with one attached hydrogen (secondary N) is 1. The van der Waals surface area contributed by atoms with Crippen LogP contribution in [0, 0.1) is 0 Å². The van der Waals surface area contributed by atoms with Crippen LogP contribution in [-0.4, -0.2) is 26.2 Å². The van der Waals surface area contributed by atoms with E-state index in [1.807, 2.05) is 102 Å². The third-order valence-electron chi connectivity index (χ3n) is 4.13. The van der Waals surface area contributed by atoms with Crippen LogP contribution in [0.3, 0.4) is 0 Å². The van der Waals surface area contributed by atoms with Crippen LogP contribution in [-0.2, 0) is 4.74 Å². The van der Waals surface area contributed by atoms with E-state index in [0.717, 1.165) is 27.5 Å². The number of fused-ring (bicyclic) bond motifs is 2. The molecule has 1 amide bonds. The molecule has 0 unspecified atom stereocenters. The zero-order valence-corrected chi connectivity index (χ0v) is 19.4. The molecule has 3 aromatic heterocycles. The number of benzene rings is 1. The Morgan fingerprint density at radius 3 is 2.45 bits per heavy atom. The monoisotopic (exact) mass is 420 g/mol. The average molecular weight is 421 g/mol. The molecule has 1 N–H and O–H groups in total. The van der Waals surface area contributed by atoms with Gasteiger partial charge in [-0.05, 0) is 45.0 Å². The van der Waals surface area contributed by atoms with Crippen LogP contribution in [0.25, 0.3) is 27.5 Å².